The smallest absolute Gasteiger partial charge is 0.337 e. The summed E-state index contributed by atoms with van der Waals surface area (Å²) in [7, 11) is 2.69. The maximum absolute atomic E-state index is 12.1. The van der Waals surface area contributed by atoms with E-state index >= 15 is 0 Å². The molecule has 1 aliphatic rings. The topological polar surface area (TPSA) is 103 Å². The van der Waals surface area contributed by atoms with Crippen LogP contribution in [0.2, 0.25) is 0 Å². The van der Waals surface area contributed by atoms with Crippen LogP contribution in [0.5, 0.6) is 11.5 Å². The Morgan fingerprint density at radius 3 is 2.46 bits per heavy atom. The minimum absolute atomic E-state index is 0.245. The lowest BCUT2D eigenvalue weighted by molar-refractivity contribution is -0.136. The van der Waals surface area contributed by atoms with Gasteiger partial charge >= 0.3 is 18.0 Å². The molecule has 0 bridgehead atoms. The Morgan fingerprint density at radius 1 is 1.17 bits per heavy atom. The van der Waals surface area contributed by atoms with Gasteiger partial charge < -0.3 is 24.8 Å². The van der Waals surface area contributed by atoms with Gasteiger partial charge in [0.1, 0.15) is 0 Å². The molecule has 1 heterocycles. The molecule has 0 radical (unpaired) electrons. The number of rotatable bonds is 4. The molecule has 0 saturated heterocycles. The van der Waals surface area contributed by atoms with Crippen LogP contribution in [0.15, 0.2) is 29.5 Å². The summed E-state index contributed by atoms with van der Waals surface area (Å²) in [6.07, 6.45) is 0. The molecule has 2 amide bonds. The fourth-order valence-electron chi connectivity index (χ4n) is 2.43. The highest BCUT2D eigenvalue weighted by molar-refractivity contribution is 5.95. The Kier molecular flexibility index (Phi) is 5.08. The van der Waals surface area contributed by atoms with E-state index in [-0.39, 0.29) is 11.3 Å². The van der Waals surface area contributed by atoms with Crippen molar-refractivity contribution in [2.75, 3.05) is 14.2 Å². The van der Waals surface area contributed by atoms with Crippen molar-refractivity contribution in [2.24, 2.45) is 0 Å². The van der Waals surface area contributed by atoms with Gasteiger partial charge in [0.15, 0.2) is 11.5 Å². The summed E-state index contributed by atoms with van der Waals surface area (Å²) in [5.74, 6) is -0.498. The number of hydrogen-bond acceptors (Lipinski definition) is 6. The van der Waals surface area contributed by atoms with Gasteiger partial charge in [-0.05, 0) is 24.6 Å². The molecule has 0 spiro atoms. The van der Waals surface area contributed by atoms with Crippen molar-refractivity contribution in [1.29, 1.82) is 0 Å². The van der Waals surface area contributed by atoms with Crippen LogP contribution in [0.1, 0.15) is 25.5 Å². The van der Waals surface area contributed by atoms with E-state index in [4.69, 9.17) is 14.2 Å². The van der Waals surface area contributed by atoms with E-state index in [0.29, 0.717) is 17.0 Å². The van der Waals surface area contributed by atoms with Crippen molar-refractivity contribution >= 4 is 18.0 Å². The van der Waals surface area contributed by atoms with Gasteiger partial charge in [0.05, 0.1) is 25.8 Å². The lowest BCUT2D eigenvalue weighted by Crippen LogP contribution is -2.45. The third-order valence-electron chi connectivity index (χ3n) is 3.45. The lowest BCUT2D eigenvalue weighted by atomic mass is 9.95. The summed E-state index contributed by atoms with van der Waals surface area (Å²) < 4.78 is 15.1. The number of nitrogens with one attached hydrogen (secondary N) is 2. The van der Waals surface area contributed by atoms with E-state index < -0.39 is 24.0 Å². The number of amides is 2. The number of esters is 2. The van der Waals surface area contributed by atoms with E-state index in [0.717, 1.165) is 0 Å². The quantitative estimate of drug-likeness (QED) is 0.638. The van der Waals surface area contributed by atoms with Crippen molar-refractivity contribution in [1.82, 2.24) is 10.6 Å². The molecule has 1 aromatic rings. The van der Waals surface area contributed by atoms with Gasteiger partial charge in [-0.15, -0.1) is 0 Å². The number of carbonyl (C=O) groups excluding carboxylic acids is 3. The third-order valence-corrected chi connectivity index (χ3v) is 3.45. The van der Waals surface area contributed by atoms with Crippen LogP contribution in [0.3, 0.4) is 0 Å². The van der Waals surface area contributed by atoms with E-state index in [9.17, 15) is 14.4 Å². The van der Waals surface area contributed by atoms with Gasteiger partial charge in [-0.25, -0.2) is 9.59 Å². The van der Waals surface area contributed by atoms with Crippen molar-refractivity contribution < 1.29 is 28.6 Å². The summed E-state index contributed by atoms with van der Waals surface area (Å²) in [5, 5.41) is 5.21. The minimum atomic E-state index is -0.716. The van der Waals surface area contributed by atoms with E-state index in [1.165, 1.54) is 27.2 Å². The Morgan fingerprint density at radius 2 is 1.88 bits per heavy atom. The Labute approximate surface area is 138 Å². The molecular weight excluding hydrogens is 316 g/mol. The third kappa shape index (κ3) is 3.48. The molecular formula is C16H18N2O6. The summed E-state index contributed by atoms with van der Waals surface area (Å²) >= 11 is 0. The Bertz CT molecular complexity index is 725. The van der Waals surface area contributed by atoms with Crippen LogP contribution in [-0.2, 0) is 14.3 Å². The molecule has 1 atom stereocenters. The van der Waals surface area contributed by atoms with Gasteiger partial charge in [0.25, 0.3) is 0 Å². The zero-order chi connectivity index (χ0) is 17.9. The second-order valence-corrected chi connectivity index (χ2v) is 5.07. The summed E-state index contributed by atoms with van der Waals surface area (Å²) in [4.78, 5) is 35.0. The molecule has 0 aliphatic carbocycles. The van der Waals surface area contributed by atoms with Crippen LogP contribution in [0.4, 0.5) is 4.79 Å². The number of ether oxygens (including phenoxy) is 3. The maximum Gasteiger partial charge on any atom is 0.337 e. The second kappa shape index (κ2) is 7.03. The standard InChI is InChI=1S/C16H18N2O6/c1-8-13(15(20)23-4)14(18-16(21)17-8)10-5-6-11(24-9(2)19)12(7-10)22-3/h5-7,14H,1-4H3,(H2,17,18,21)/t14-/m1/s1. The molecule has 1 aromatic carbocycles. The van der Waals surface area contributed by atoms with E-state index in [1.54, 1.807) is 19.1 Å². The van der Waals surface area contributed by atoms with Crippen LogP contribution < -0.4 is 20.1 Å². The van der Waals surface area contributed by atoms with Gasteiger partial charge in [-0.3, -0.25) is 4.79 Å². The van der Waals surface area contributed by atoms with Gasteiger partial charge in [-0.1, -0.05) is 6.07 Å². The number of hydrogen-bond donors (Lipinski definition) is 2. The van der Waals surface area contributed by atoms with Crippen LogP contribution in [-0.4, -0.2) is 32.2 Å². The molecule has 8 nitrogen and oxygen atoms in total. The first-order valence-electron chi connectivity index (χ1n) is 7.10. The normalized spacial score (nSPS) is 16.8. The summed E-state index contributed by atoms with van der Waals surface area (Å²) in [6, 6.07) is 3.60. The van der Waals surface area contributed by atoms with Crippen LogP contribution in [0, 0.1) is 0 Å². The highest BCUT2D eigenvalue weighted by Crippen LogP contribution is 2.34. The molecule has 8 heteroatoms. The molecule has 0 aromatic heterocycles. The maximum atomic E-state index is 12.1. The monoisotopic (exact) mass is 334 g/mol. The SMILES string of the molecule is COC(=O)C1=C(C)NC(=O)N[C@@H]1c1ccc(OC(C)=O)c(OC)c1. The van der Waals surface area contributed by atoms with E-state index in [1.807, 2.05) is 0 Å². The first-order valence-corrected chi connectivity index (χ1v) is 7.10. The predicted octanol–water partition coefficient (Wildman–Crippen LogP) is 1.42. The number of urea groups is 1. The number of benzene rings is 1. The number of carbonyl (C=O) groups is 3. The Balaban J connectivity index is 2.48. The fraction of sp³-hybridized carbons (Fsp3) is 0.312. The molecule has 24 heavy (non-hydrogen) atoms. The lowest BCUT2D eigenvalue weighted by Gasteiger charge is -2.28. The van der Waals surface area contributed by atoms with Crippen molar-refractivity contribution in [2.45, 2.75) is 19.9 Å². The first kappa shape index (κ1) is 17.3. The van der Waals surface area contributed by atoms with Crippen molar-refractivity contribution in [3.05, 3.63) is 35.0 Å². The molecule has 2 rings (SSSR count). The highest BCUT2D eigenvalue weighted by Gasteiger charge is 2.32. The number of methoxy groups -OCH3 is 2. The van der Waals surface area contributed by atoms with Crippen LogP contribution in [0.25, 0.3) is 0 Å². The zero-order valence-corrected chi connectivity index (χ0v) is 13.8. The minimum Gasteiger partial charge on any atom is -0.493 e. The van der Waals surface area contributed by atoms with Gasteiger partial charge in [-0.2, -0.15) is 0 Å². The highest BCUT2D eigenvalue weighted by atomic mass is 16.6. The van der Waals surface area contributed by atoms with E-state index in [2.05, 4.69) is 10.6 Å². The molecule has 128 valence electrons. The van der Waals surface area contributed by atoms with Crippen molar-refractivity contribution in [3.8, 4) is 11.5 Å². The average molecular weight is 334 g/mol. The predicted molar refractivity (Wildman–Crippen MR) is 83.4 cm³/mol. The summed E-state index contributed by atoms with van der Waals surface area (Å²) in [6.45, 7) is 2.89. The van der Waals surface area contributed by atoms with Crippen LogP contribution >= 0.6 is 0 Å². The molecule has 0 unspecified atom stereocenters. The van der Waals surface area contributed by atoms with Gasteiger partial charge in [0.2, 0.25) is 0 Å². The Hall–Kier alpha value is -3.03. The van der Waals surface area contributed by atoms with Crippen molar-refractivity contribution in [3.63, 3.8) is 0 Å². The molecule has 2 N–H and O–H groups in total. The molecule has 1 aliphatic heterocycles. The number of allylic oxidation sites excluding steroid dienone is 1. The average Bonchev–Trinajstić information content (AvgIpc) is 2.53. The fourth-order valence-corrected chi connectivity index (χ4v) is 2.43. The largest absolute Gasteiger partial charge is 0.493 e. The summed E-state index contributed by atoms with van der Waals surface area (Å²) in [5.41, 5.74) is 1.26. The molecule has 0 saturated carbocycles. The second-order valence-electron chi connectivity index (χ2n) is 5.07. The zero-order valence-electron chi connectivity index (χ0n) is 13.8. The first-order chi connectivity index (χ1) is 11.4. The molecule has 0 fully saturated rings. The van der Waals surface area contributed by atoms with Gasteiger partial charge in [0, 0.05) is 12.6 Å².